The maximum absolute atomic E-state index is 11.9. The summed E-state index contributed by atoms with van der Waals surface area (Å²) in [5.41, 5.74) is 5.46. The first-order valence-corrected chi connectivity index (χ1v) is 8.60. The fraction of sp³-hybridized carbons (Fsp3) is 0.722. The van der Waals surface area contributed by atoms with Crippen LogP contribution < -0.4 is 5.73 Å². The van der Waals surface area contributed by atoms with Gasteiger partial charge in [0.25, 0.3) is 0 Å². The molecule has 0 aromatic carbocycles. The molecule has 3 heteroatoms. The molecule has 0 fully saturated rings. The summed E-state index contributed by atoms with van der Waals surface area (Å²) in [6.45, 7) is 2.60. The van der Waals surface area contributed by atoms with Crippen LogP contribution in [0.1, 0.15) is 93.9 Å². The van der Waals surface area contributed by atoms with Gasteiger partial charge in [0.2, 0.25) is 0 Å². The summed E-state index contributed by atoms with van der Waals surface area (Å²) in [7, 11) is 0. The molecular weight excluding hydrogens is 262 g/mol. The topological polar surface area (TPSA) is 56.2 Å². The maximum atomic E-state index is 11.9. The minimum absolute atomic E-state index is 0.106. The number of hydrogen-bond acceptors (Lipinski definition) is 3. The lowest BCUT2D eigenvalue weighted by Gasteiger charge is -2.02. The summed E-state index contributed by atoms with van der Waals surface area (Å²) in [5, 5.41) is 0. The zero-order valence-electron chi connectivity index (χ0n) is 13.5. The second-order valence-corrected chi connectivity index (χ2v) is 5.83. The third kappa shape index (κ3) is 8.05. The molecule has 0 radical (unpaired) electrons. The number of nitrogens with two attached hydrogens (primary N) is 1. The Bertz CT molecular complexity index is 384. The van der Waals surface area contributed by atoms with Gasteiger partial charge in [0, 0.05) is 6.42 Å². The number of ketones is 1. The highest BCUT2D eigenvalue weighted by molar-refractivity contribution is 5.93. The Morgan fingerprint density at radius 3 is 2.05 bits per heavy atom. The molecule has 1 aromatic rings. The normalized spacial score (nSPS) is 11.0. The zero-order valence-corrected chi connectivity index (χ0v) is 13.5. The van der Waals surface area contributed by atoms with Crippen molar-refractivity contribution in [3.05, 3.63) is 23.7 Å². The Morgan fingerprint density at radius 1 is 0.952 bits per heavy atom. The number of furan rings is 1. The van der Waals surface area contributed by atoms with E-state index in [0.29, 0.717) is 24.5 Å². The van der Waals surface area contributed by atoms with Crippen molar-refractivity contribution in [2.24, 2.45) is 5.73 Å². The van der Waals surface area contributed by atoms with E-state index in [-0.39, 0.29) is 5.78 Å². The van der Waals surface area contributed by atoms with E-state index < -0.39 is 0 Å². The molecule has 0 aliphatic heterocycles. The first-order chi connectivity index (χ1) is 10.3. The first kappa shape index (κ1) is 18.0. The third-order valence-electron chi connectivity index (χ3n) is 3.90. The minimum atomic E-state index is 0.106. The molecular formula is C18H31NO2. The van der Waals surface area contributed by atoms with Crippen molar-refractivity contribution in [3.63, 3.8) is 0 Å². The first-order valence-electron chi connectivity index (χ1n) is 8.60. The molecule has 0 spiro atoms. The second kappa shape index (κ2) is 11.6. The van der Waals surface area contributed by atoms with Gasteiger partial charge in [0.05, 0.1) is 6.54 Å². The van der Waals surface area contributed by atoms with E-state index in [1.165, 1.54) is 51.4 Å². The van der Waals surface area contributed by atoms with E-state index in [0.717, 1.165) is 12.8 Å². The molecule has 1 rings (SSSR count). The van der Waals surface area contributed by atoms with E-state index in [1.54, 1.807) is 12.1 Å². The van der Waals surface area contributed by atoms with Crippen molar-refractivity contribution >= 4 is 5.78 Å². The summed E-state index contributed by atoms with van der Waals surface area (Å²) in [6, 6.07) is 3.52. The molecule has 0 atom stereocenters. The van der Waals surface area contributed by atoms with Gasteiger partial charge in [-0.3, -0.25) is 4.79 Å². The van der Waals surface area contributed by atoms with Crippen molar-refractivity contribution < 1.29 is 9.21 Å². The van der Waals surface area contributed by atoms with E-state index in [9.17, 15) is 4.79 Å². The van der Waals surface area contributed by atoms with E-state index in [1.807, 2.05) is 0 Å². The van der Waals surface area contributed by atoms with Crippen molar-refractivity contribution in [1.82, 2.24) is 0 Å². The molecule has 0 aliphatic rings. The monoisotopic (exact) mass is 293 g/mol. The highest BCUT2D eigenvalue weighted by Crippen LogP contribution is 2.14. The van der Waals surface area contributed by atoms with Gasteiger partial charge in [-0.15, -0.1) is 0 Å². The van der Waals surface area contributed by atoms with Crippen molar-refractivity contribution in [2.45, 2.75) is 84.1 Å². The van der Waals surface area contributed by atoms with Gasteiger partial charge < -0.3 is 10.2 Å². The van der Waals surface area contributed by atoms with Crippen molar-refractivity contribution in [2.75, 3.05) is 0 Å². The molecule has 0 bridgehead atoms. The van der Waals surface area contributed by atoms with Crippen LogP contribution in [0, 0.1) is 0 Å². The summed E-state index contributed by atoms with van der Waals surface area (Å²) in [5.74, 6) is 1.25. The summed E-state index contributed by atoms with van der Waals surface area (Å²) in [6.07, 6.45) is 13.4. The molecule has 21 heavy (non-hydrogen) atoms. The molecule has 0 aliphatic carbocycles. The zero-order chi connectivity index (χ0) is 15.3. The number of carbonyl (C=O) groups excluding carboxylic acids is 1. The highest BCUT2D eigenvalue weighted by atomic mass is 16.3. The Labute approximate surface area is 129 Å². The molecule has 1 heterocycles. The van der Waals surface area contributed by atoms with E-state index in [4.69, 9.17) is 10.2 Å². The van der Waals surface area contributed by atoms with E-state index >= 15 is 0 Å². The smallest absolute Gasteiger partial charge is 0.197 e. The van der Waals surface area contributed by atoms with Crippen LogP contribution in [0.4, 0.5) is 0 Å². The van der Waals surface area contributed by atoms with Crippen LogP contribution in [-0.2, 0) is 6.54 Å². The summed E-state index contributed by atoms with van der Waals surface area (Å²) in [4.78, 5) is 11.9. The van der Waals surface area contributed by atoms with Crippen LogP contribution in [0.5, 0.6) is 0 Å². The van der Waals surface area contributed by atoms with E-state index in [2.05, 4.69) is 6.92 Å². The average molecular weight is 293 g/mol. The quantitative estimate of drug-likeness (QED) is 0.400. The van der Waals surface area contributed by atoms with Gasteiger partial charge in [-0.1, -0.05) is 64.7 Å². The fourth-order valence-corrected chi connectivity index (χ4v) is 2.53. The van der Waals surface area contributed by atoms with Gasteiger partial charge in [-0.2, -0.15) is 0 Å². The van der Waals surface area contributed by atoms with Crippen LogP contribution in [0.15, 0.2) is 16.5 Å². The van der Waals surface area contributed by atoms with Crippen LogP contribution in [0.2, 0.25) is 0 Å². The van der Waals surface area contributed by atoms with Gasteiger partial charge in [-0.05, 0) is 18.6 Å². The predicted molar refractivity (Wildman–Crippen MR) is 87.4 cm³/mol. The number of rotatable bonds is 13. The SMILES string of the molecule is CCCCCCCCCCCCC(=O)c1ccc(CN)o1. The Morgan fingerprint density at radius 2 is 1.52 bits per heavy atom. The lowest BCUT2D eigenvalue weighted by molar-refractivity contribution is 0.0950. The van der Waals surface area contributed by atoms with Gasteiger partial charge in [0.1, 0.15) is 5.76 Å². The number of carbonyl (C=O) groups is 1. The van der Waals surface area contributed by atoms with Crippen LogP contribution in [-0.4, -0.2) is 5.78 Å². The molecule has 3 nitrogen and oxygen atoms in total. The minimum Gasteiger partial charge on any atom is -0.457 e. The highest BCUT2D eigenvalue weighted by Gasteiger charge is 2.10. The van der Waals surface area contributed by atoms with Crippen LogP contribution in [0.25, 0.3) is 0 Å². The Kier molecular flexibility index (Phi) is 9.88. The molecule has 0 amide bonds. The second-order valence-electron chi connectivity index (χ2n) is 5.83. The van der Waals surface area contributed by atoms with Gasteiger partial charge in [0.15, 0.2) is 11.5 Å². The number of hydrogen-bond donors (Lipinski definition) is 1. The average Bonchev–Trinajstić information content (AvgIpc) is 2.98. The number of unbranched alkanes of at least 4 members (excludes halogenated alkanes) is 9. The standard InChI is InChI=1S/C18H31NO2/c1-2-3-4-5-6-7-8-9-10-11-12-17(20)18-14-13-16(15-19)21-18/h13-14H,2-12,15,19H2,1H3. The van der Waals surface area contributed by atoms with Crippen molar-refractivity contribution in [3.8, 4) is 0 Å². The molecule has 120 valence electrons. The largest absolute Gasteiger partial charge is 0.457 e. The molecule has 0 saturated carbocycles. The predicted octanol–water partition coefficient (Wildman–Crippen LogP) is 5.23. The molecule has 1 aromatic heterocycles. The lowest BCUT2D eigenvalue weighted by Crippen LogP contribution is -1.98. The summed E-state index contributed by atoms with van der Waals surface area (Å²) >= 11 is 0. The van der Waals surface area contributed by atoms with Gasteiger partial charge >= 0.3 is 0 Å². The molecule has 0 unspecified atom stereocenters. The van der Waals surface area contributed by atoms with Crippen molar-refractivity contribution in [1.29, 1.82) is 0 Å². The molecule has 2 N–H and O–H groups in total. The number of Topliss-reactive ketones (excluding diaryl/α,β-unsaturated/α-hetero) is 1. The Balaban J connectivity index is 1.95. The maximum Gasteiger partial charge on any atom is 0.197 e. The van der Waals surface area contributed by atoms with Gasteiger partial charge in [-0.25, -0.2) is 0 Å². The summed E-state index contributed by atoms with van der Waals surface area (Å²) < 4.78 is 5.36. The Hall–Kier alpha value is -1.09. The lowest BCUT2D eigenvalue weighted by atomic mass is 10.0. The van der Waals surface area contributed by atoms with Crippen LogP contribution in [0.3, 0.4) is 0 Å². The molecule has 0 saturated heterocycles. The fourth-order valence-electron chi connectivity index (χ4n) is 2.53. The van der Waals surface area contributed by atoms with Crippen LogP contribution >= 0.6 is 0 Å². The third-order valence-corrected chi connectivity index (χ3v) is 3.90.